The van der Waals surface area contributed by atoms with Gasteiger partial charge in [-0.05, 0) is 43.3 Å². The van der Waals surface area contributed by atoms with Gasteiger partial charge < -0.3 is 20.7 Å². The summed E-state index contributed by atoms with van der Waals surface area (Å²) in [6.07, 6.45) is 0. The summed E-state index contributed by atoms with van der Waals surface area (Å²) in [7, 11) is 1.26. The van der Waals surface area contributed by atoms with Crippen LogP contribution in [0.2, 0.25) is 0 Å². The van der Waals surface area contributed by atoms with Gasteiger partial charge in [0.1, 0.15) is 6.54 Å². The van der Waals surface area contributed by atoms with Crippen LogP contribution in [0.4, 0.5) is 5.69 Å². The van der Waals surface area contributed by atoms with E-state index in [9.17, 15) is 14.4 Å². The molecule has 8 heteroatoms. The summed E-state index contributed by atoms with van der Waals surface area (Å²) in [6.45, 7) is 3.47. The zero-order valence-corrected chi connectivity index (χ0v) is 14.4. The van der Waals surface area contributed by atoms with Crippen molar-refractivity contribution in [2.75, 3.05) is 32.1 Å². The van der Waals surface area contributed by atoms with Gasteiger partial charge in [0, 0.05) is 17.2 Å². The summed E-state index contributed by atoms with van der Waals surface area (Å²) in [5.41, 5.74) is 1.04. The third-order valence-corrected chi connectivity index (χ3v) is 3.97. The molecule has 1 unspecified atom stereocenters. The van der Waals surface area contributed by atoms with E-state index >= 15 is 0 Å². The molecule has 7 nitrogen and oxygen atoms in total. The Kier molecular flexibility index (Phi) is 7.67. The zero-order valence-electron chi connectivity index (χ0n) is 13.6. The van der Waals surface area contributed by atoms with Crippen molar-refractivity contribution in [3.05, 3.63) is 29.8 Å². The van der Waals surface area contributed by atoms with Crippen molar-refractivity contribution in [3.63, 3.8) is 0 Å². The van der Waals surface area contributed by atoms with Gasteiger partial charge in [0.15, 0.2) is 0 Å². The van der Waals surface area contributed by atoms with Crippen LogP contribution in [0.25, 0.3) is 0 Å². The Morgan fingerprint density at radius 1 is 1.25 bits per heavy atom. The number of esters is 1. The fourth-order valence-corrected chi connectivity index (χ4v) is 2.17. The number of carbonyl (C=O) groups is 3. The second-order valence-corrected chi connectivity index (χ2v) is 5.53. The van der Waals surface area contributed by atoms with Gasteiger partial charge in [-0.2, -0.15) is 0 Å². The van der Waals surface area contributed by atoms with Crippen molar-refractivity contribution in [1.82, 2.24) is 10.6 Å². The third kappa shape index (κ3) is 5.21. The minimum absolute atomic E-state index is 0. The maximum Gasteiger partial charge on any atom is 0.325 e. The van der Waals surface area contributed by atoms with Gasteiger partial charge in [0.05, 0.1) is 7.11 Å². The van der Waals surface area contributed by atoms with Gasteiger partial charge in [-0.15, -0.1) is 12.4 Å². The molecule has 1 saturated heterocycles. The molecule has 0 aliphatic carbocycles. The lowest BCUT2D eigenvalue weighted by atomic mass is 9.88. The fraction of sp³-hybridized carbons (Fsp3) is 0.438. The molecule has 132 valence electrons. The van der Waals surface area contributed by atoms with Crippen LogP contribution in [0.15, 0.2) is 24.3 Å². The van der Waals surface area contributed by atoms with Gasteiger partial charge in [0.25, 0.3) is 5.91 Å². The average molecular weight is 356 g/mol. The summed E-state index contributed by atoms with van der Waals surface area (Å²) >= 11 is 0. The summed E-state index contributed by atoms with van der Waals surface area (Å²) in [5, 5.41) is 8.44. The smallest absolute Gasteiger partial charge is 0.325 e. The Hall–Kier alpha value is -2.12. The van der Waals surface area contributed by atoms with Gasteiger partial charge in [-0.3, -0.25) is 14.4 Å². The van der Waals surface area contributed by atoms with Crippen LogP contribution in [0, 0.1) is 11.8 Å². The lowest BCUT2D eigenvalue weighted by molar-refractivity contribution is -0.139. The van der Waals surface area contributed by atoms with E-state index in [1.54, 1.807) is 24.3 Å². The number of anilines is 1. The maximum absolute atomic E-state index is 12.1. The molecule has 1 heterocycles. The molecule has 24 heavy (non-hydrogen) atoms. The van der Waals surface area contributed by atoms with Crippen LogP contribution >= 0.6 is 12.4 Å². The molecule has 1 aromatic rings. The van der Waals surface area contributed by atoms with Crippen molar-refractivity contribution in [1.29, 1.82) is 0 Å². The summed E-state index contributed by atoms with van der Waals surface area (Å²) in [5.74, 6) is -0.596. The number of hydrogen-bond acceptors (Lipinski definition) is 5. The van der Waals surface area contributed by atoms with Crippen LogP contribution in [-0.2, 0) is 14.3 Å². The summed E-state index contributed by atoms with van der Waals surface area (Å²) in [6, 6.07) is 6.52. The van der Waals surface area contributed by atoms with Crippen LogP contribution in [0.5, 0.6) is 0 Å². The fourth-order valence-electron chi connectivity index (χ4n) is 2.17. The molecule has 2 amide bonds. The monoisotopic (exact) mass is 355 g/mol. The highest BCUT2D eigenvalue weighted by Crippen LogP contribution is 2.18. The van der Waals surface area contributed by atoms with Gasteiger partial charge in [-0.25, -0.2) is 0 Å². The van der Waals surface area contributed by atoms with Gasteiger partial charge in [0.2, 0.25) is 5.91 Å². The lowest BCUT2D eigenvalue weighted by Crippen LogP contribution is -2.48. The SMILES string of the molecule is COC(=O)CNC(=O)c1ccc(NC(=O)C(C)C2CNC2)cc1.Cl. The number of methoxy groups -OCH3 is 1. The Morgan fingerprint density at radius 3 is 2.38 bits per heavy atom. The number of halogens is 1. The molecule has 1 aliphatic rings. The van der Waals surface area contributed by atoms with E-state index in [4.69, 9.17) is 0 Å². The Bertz CT molecular complexity index is 587. The summed E-state index contributed by atoms with van der Waals surface area (Å²) in [4.78, 5) is 34.9. The Balaban J connectivity index is 0.00000288. The van der Waals surface area contributed by atoms with E-state index in [1.807, 2.05) is 6.92 Å². The molecule has 1 fully saturated rings. The van der Waals surface area contributed by atoms with Crippen molar-refractivity contribution >= 4 is 35.9 Å². The first-order valence-corrected chi connectivity index (χ1v) is 7.48. The van der Waals surface area contributed by atoms with Crippen LogP contribution in [0.1, 0.15) is 17.3 Å². The first-order chi connectivity index (χ1) is 11.0. The number of carbonyl (C=O) groups excluding carboxylic acids is 3. The van der Waals surface area contributed by atoms with Crippen LogP contribution in [0.3, 0.4) is 0 Å². The topological polar surface area (TPSA) is 96.5 Å². The lowest BCUT2D eigenvalue weighted by Gasteiger charge is -2.31. The van der Waals surface area contributed by atoms with Crippen molar-refractivity contribution in [3.8, 4) is 0 Å². The molecule has 1 aliphatic heterocycles. The second kappa shape index (κ2) is 9.24. The predicted molar refractivity (Wildman–Crippen MR) is 92.2 cm³/mol. The number of amides is 2. The number of nitrogens with one attached hydrogen (secondary N) is 3. The number of ether oxygens (including phenoxy) is 1. The normalized spacial score (nSPS) is 14.6. The van der Waals surface area contributed by atoms with Crippen LogP contribution in [-0.4, -0.2) is 44.5 Å². The van der Waals surface area contributed by atoms with Gasteiger partial charge in [-0.1, -0.05) is 6.92 Å². The van der Waals surface area contributed by atoms with E-state index in [2.05, 4.69) is 20.7 Å². The highest BCUT2D eigenvalue weighted by atomic mass is 35.5. The van der Waals surface area contributed by atoms with E-state index in [-0.39, 0.29) is 36.7 Å². The number of benzene rings is 1. The standard InChI is InChI=1S/C16H21N3O4.ClH/c1-10(12-7-17-8-12)15(21)19-13-5-3-11(4-6-13)16(22)18-9-14(20)23-2;/h3-6,10,12,17H,7-9H2,1-2H3,(H,18,22)(H,19,21);1H. The molecule has 0 bridgehead atoms. The maximum atomic E-state index is 12.1. The first kappa shape index (κ1) is 19.9. The minimum Gasteiger partial charge on any atom is -0.468 e. The van der Waals surface area contributed by atoms with E-state index < -0.39 is 5.97 Å². The molecule has 1 atom stereocenters. The Morgan fingerprint density at radius 2 is 1.88 bits per heavy atom. The average Bonchev–Trinajstić information content (AvgIpc) is 2.51. The summed E-state index contributed by atoms with van der Waals surface area (Å²) < 4.78 is 4.45. The molecular weight excluding hydrogens is 334 g/mol. The molecule has 3 N–H and O–H groups in total. The molecular formula is C16H22ClN3O4. The zero-order chi connectivity index (χ0) is 16.8. The van der Waals surface area contributed by atoms with E-state index in [1.165, 1.54) is 7.11 Å². The Labute approximate surface area is 146 Å². The molecule has 0 aromatic heterocycles. The van der Waals surface area contributed by atoms with Crippen molar-refractivity contribution in [2.24, 2.45) is 11.8 Å². The first-order valence-electron chi connectivity index (χ1n) is 7.48. The van der Waals surface area contributed by atoms with Crippen molar-refractivity contribution in [2.45, 2.75) is 6.92 Å². The van der Waals surface area contributed by atoms with E-state index in [0.717, 1.165) is 13.1 Å². The highest BCUT2D eigenvalue weighted by molar-refractivity contribution is 5.97. The number of rotatable bonds is 6. The molecule has 1 aromatic carbocycles. The van der Waals surface area contributed by atoms with Crippen molar-refractivity contribution < 1.29 is 19.1 Å². The largest absolute Gasteiger partial charge is 0.468 e. The van der Waals surface area contributed by atoms with Crippen LogP contribution < -0.4 is 16.0 Å². The molecule has 2 rings (SSSR count). The molecule has 0 saturated carbocycles. The van der Waals surface area contributed by atoms with Gasteiger partial charge >= 0.3 is 5.97 Å². The second-order valence-electron chi connectivity index (χ2n) is 5.53. The molecule has 0 radical (unpaired) electrons. The minimum atomic E-state index is -0.512. The van der Waals surface area contributed by atoms with E-state index in [0.29, 0.717) is 17.2 Å². The molecule has 0 spiro atoms. The highest BCUT2D eigenvalue weighted by Gasteiger charge is 2.28. The number of hydrogen-bond donors (Lipinski definition) is 3. The predicted octanol–water partition coefficient (Wildman–Crippen LogP) is 0.805. The third-order valence-electron chi connectivity index (χ3n) is 3.97. The quantitative estimate of drug-likeness (QED) is 0.656.